The van der Waals surface area contributed by atoms with Gasteiger partial charge < -0.3 is 23.7 Å². The smallest absolute Gasteiger partial charge is 0.330 e. The van der Waals surface area contributed by atoms with Gasteiger partial charge in [0.05, 0.1) is 0 Å². The van der Waals surface area contributed by atoms with E-state index in [0.717, 1.165) is 22.9 Å². The molecule has 0 aromatic heterocycles. The Hall–Kier alpha value is -4.26. The van der Waals surface area contributed by atoms with Crippen molar-refractivity contribution in [3.05, 3.63) is 86.0 Å². The van der Waals surface area contributed by atoms with Gasteiger partial charge >= 0.3 is 11.9 Å². The summed E-state index contributed by atoms with van der Waals surface area (Å²) in [5.74, 6) is 1.08. The van der Waals surface area contributed by atoms with Gasteiger partial charge in [-0.05, 0) is 25.0 Å². The van der Waals surface area contributed by atoms with E-state index in [1.165, 1.54) is 0 Å². The van der Waals surface area contributed by atoms with Gasteiger partial charge in [0.25, 0.3) is 0 Å². The quantitative estimate of drug-likeness (QED) is 0.185. The van der Waals surface area contributed by atoms with Crippen molar-refractivity contribution < 1.29 is 33.3 Å². The Morgan fingerprint density at radius 3 is 1.86 bits per heavy atom. The molecule has 0 saturated carbocycles. The molecule has 0 aliphatic carbocycles. The molecule has 3 aromatic carbocycles. The number of carbonyl (C=O) groups excluding carboxylic acids is 2. The third kappa shape index (κ3) is 7.61. The van der Waals surface area contributed by atoms with Gasteiger partial charge in [-0.2, -0.15) is 0 Å². The minimum absolute atomic E-state index is 0.126. The second kappa shape index (κ2) is 13.7. The molecule has 0 aliphatic heterocycles. The molecule has 0 bridgehead atoms. The summed E-state index contributed by atoms with van der Waals surface area (Å²) >= 11 is 0. The number of fused-ring (bicyclic) bond motifs is 1. The van der Waals surface area contributed by atoms with E-state index in [1.807, 2.05) is 68.4 Å². The zero-order valence-electron chi connectivity index (χ0n) is 21.2. The van der Waals surface area contributed by atoms with E-state index in [9.17, 15) is 9.59 Å². The molecule has 2 atom stereocenters. The Morgan fingerprint density at radius 1 is 0.757 bits per heavy atom. The van der Waals surface area contributed by atoms with Crippen LogP contribution in [0.2, 0.25) is 0 Å². The van der Waals surface area contributed by atoms with Crippen molar-refractivity contribution >= 4 is 22.7 Å². The Labute approximate surface area is 217 Å². The molecule has 0 spiro atoms. The Balaban J connectivity index is 1.98. The van der Waals surface area contributed by atoms with E-state index < -0.39 is 24.1 Å². The molecule has 0 fully saturated rings. The van der Waals surface area contributed by atoms with Gasteiger partial charge in [0.2, 0.25) is 0 Å². The molecule has 0 radical (unpaired) electrons. The van der Waals surface area contributed by atoms with Crippen LogP contribution in [0.25, 0.3) is 10.8 Å². The molecule has 2 unspecified atom stereocenters. The first kappa shape index (κ1) is 27.3. The molecule has 0 aliphatic rings. The zero-order valence-corrected chi connectivity index (χ0v) is 21.2. The van der Waals surface area contributed by atoms with Crippen molar-refractivity contribution in [2.75, 3.05) is 13.2 Å². The second-order valence-electron chi connectivity index (χ2n) is 8.13. The molecule has 7 nitrogen and oxygen atoms in total. The molecule has 0 amide bonds. The molecular formula is C30H32O7. The van der Waals surface area contributed by atoms with Crippen LogP contribution in [0.4, 0.5) is 0 Å². The van der Waals surface area contributed by atoms with Crippen molar-refractivity contribution in [2.45, 2.75) is 38.9 Å². The predicted molar refractivity (Wildman–Crippen MR) is 142 cm³/mol. The van der Waals surface area contributed by atoms with Crippen LogP contribution in [0.1, 0.15) is 26.7 Å². The lowest BCUT2D eigenvalue weighted by Crippen LogP contribution is -2.24. The first-order chi connectivity index (χ1) is 18.0. The van der Waals surface area contributed by atoms with Gasteiger partial charge in [-0.25, -0.2) is 9.59 Å². The fourth-order valence-electron chi connectivity index (χ4n) is 3.50. The Kier molecular flexibility index (Phi) is 10.1. The number of benzene rings is 3. The highest BCUT2D eigenvalue weighted by Gasteiger charge is 2.20. The lowest BCUT2D eigenvalue weighted by atomic mass is 10.1. The highest BCUT2D eigenvalue weighted by molar-refractivity contribution is 5.95. The van der Waals surface area contributed by atoms with E-state index in [2.05, 4.69) is 13.2 Å². The van der Waals surface area contributed by atoms with Crippen LogP contribution in [0.3, 0.4) is 0 Å². The van der Waals surface area contributed by atoms with Crippen LogP contribution in [-0.4, -0.2) is 37.4 Å². The van der Waals surface area contributed by atoms with Crippen LogP contribution in [0, 0.1) is 0 Å². The molecule has 3 rings (SSSR count). The molecule has 0 N–H and O–H groups in total. The van der Waals surface area contributed by atoms with E-state index in [1.54, 1.807) is 6.07 Å². The number of hydrogen-bond donors (Lipinski definition) is 0. The molecule has 7 heteroatoms. The molecule has 0 heterocycles. The first-order valence-corrected chi connectivity index (χ1v) is 12.2. The first-order valence-electron chi connectivity index (χ1n) is 12.2. The van der Waals surface area contributed by atoms with Gasteiger partial charge in [0.15, 0.2) is 11.5 Å². The molecule has 194 valence electrons. The van der Waals surface area contributed by atoms with Gasteiger partial charge in [-0.3, -0.25) is 0 Å². The summed E-state index contributed by atoms with van der Waals surface area (Å²) in [5.41, 5.74) is 0. The van der Waals surface area contributed by atoms with Crippen molar-refractivity contribution in [1.29, 1.82) is 0 Å². The van der Waals surface area contributed by atoms with Crippen LogP contribution in [-0.2, 0) is 19.1 Å². The average molecular weight is 505 g/mol. The topological polar surface area (TPSA) is 80.3 Å². The Bertz CT molecular complexity index is 1220. The van der Waals surface area contributed by atoms with Crippen molar-refractivity contribution in [3.8, 4) is 23.0 Å². The fraction of sp³-hybridized carbons (Fsp3) is 0.267. The standard InChI is InChI=1S/C30H32O7/c1-5-21(36-28(31)7-3)19-33-26-18-27(35-23-14-10-9-11-15-23)30(25-17-13-12-16-24(25)26)34-20-22(6-2)37-29(32)8-4/h7-18,21-22H,3-6,19-20H2,1-2H3. The van der Waals surface area contributed by atoms with E-state index >= 15 is 0 Å². The van der Waals surface area contributed by atoms with Gasteiger partial charge in [-0.15, -0.1) is 0 Å². The van der Waals surface area contributed by atoms with Crippen molar-refractivity contribution in [2.24, 2.45) is 0 Å². The summed E-state index contributed by atoms with van der Waals surface area (Å²) in [4.78, 5) is 23.4. The minimum Gasteiger partial charge on any atom is -0.489 e. The summed E-state index contributed by atoms with van der Waals surface area (Å²) in [6.45, 7) is 11.0. The summed E-state index contributed by atoms with van der Waals surface area (Å²) < 4.78 is 29.3. The Morgan fingerprint density at radius 2 is 1.30 bits per heavy atom. The molecule has 0 saturated heterocycles. The monoisotopic (exact) mass is 504 g/mol. The average Bonchev–Trinajstić information content (AvgIpc) is 2.94. The number of ether oxygens (including phenoxy) is 5. The predicted octanol–water partition coefficient (Wildman–Crippen LogP) is 6.41. The maximum atomic E-state index is 11.7. The van der Waals surface area contributed by atoms with Crippen LogP contribution >= 0.6 is 0 Å². The second-order valence-corrected chi connectivity index (χ2v) is 8.13. The summed E-state index contributed by atoms with van der Waals surface area (Å²) in [6.07, 6.45) is 2.50. The zero-order chi connectivity index (χ0) is 26.6. The SMILES string of the molecule is C=CC(=O)OC(CC)COc1cc(Oc2ccccc2)c(OCC(CC)OC(=O)C=C)c2ccccc12. The molecular weight excluding hydrogens is 472 g/mol. The highest BCUT2D eigenvalue weighted by Crippen LogP contribution is 2.43. The van der Waals surface area contributed by atoms with Gasteiger partial charge in [-0.1, -0.05) is 69.5 Å². The van der Waals surface area contributed by atoms with Gasteiger partial charge in [0, 0.05) is 29.0 Å². The number of para-hydroxylation sites is 1. The molecule has 37 heavy (non-hydrogen) atoms. The lowest BCUT2D eigenvalue weighted by molar-refractivity contribution is -0.145. The van der Waals surface area contributed by atoms with E-state index in [-0.39, 0.29) is 13.2 Å². The summed E-state index contributed by atoms with van der Waals surface area (Å²) in [5, 5.41) is 1.55. The number of rotatable bonds is 14. The van der Waals surface area contributed by atoms with Gasteiger partial charge in [0.1, 0.15) is 36.9 Å². The fourth-order valence-corrected chi connectivity index (χ4v) is 3.50. The van der Waals surface area contributed by atoms with E-state index in [0.29, 0.717) is 35.8 Å². The number of esters is 2. The lowest BCUT2D eigenvalue weighted by Gasteiger charge is -2.22. The highest BCUT2D eigenvalue weighted by atomic mass is 16.6. The summed E-state index contributed by atoms with van der Waals surface area (Å²) in [7, 11) is 0. The number of carbonyl (C=O) groups is 2. The third-order valence-corrected chi connectivity index (χ3v) is 5.54. The van der Waals surface area contributed by atoms with Crippen LogP contribution in [0.15, 0.2) is 86.0 Å². The maximum Gasteiger partial charge on any atom is 0.330 e. The third-order valence-electron chi connectivity index (χ3n) is 5.54. The largest absolute Gasteiger partial charge is 0.489 e. The van der Waals surface area contributed by atoms with Crippen molar-refractivity contribution in [1.82, 2.24) is 0 Å². The van der Waals surface area contributed by atoms with Crippen LogP contribution < -0.4 is 14.2 Å². The molecule has 3 aromatic rings. The normalized spacial score (nSPS) is 12.2. The summed E-state index contributed by atoms with van der Waals surface area (Å²) in [6, 6.07) is 18.7. The number of hydrogen-bond acceptors (Lipinski definition) is 7. The van der Waals surface area contributed by atoms with Crippen LogP contribution in [0.5, 0.6) is 23.0 Å². The maximum absolute atomic E-state index is 11.7. The minimum atomic E-state index is -0.507. The van der Waals surface area contributed by atoms with E-state index in [4.69, 9.17) is 23.7 Å². The van der Waals surface area contributed by atoms with Crippen molar-refractivity contribution in [3.63, 3.8) is 0 Å².